The third-order valence-corrected chi connectivity index (χ3v) is 2.13. The van der Waals surface area contributed by atoms with Gasteiger partial charge in [-0.05, 0) is 13.0 Å². The molecule has 1 atom stereocenters. The van der Waals surface area contributed by atoms with Crippen LogP contribution in [0.25, 0.3) is 0 Å². The van der Waals surface area contributed by atoms with Gasteiger partial charge >= 0.3 is 0 Å². The van der Waals surface area contributed by atoms with Crippen LogP contribution in [0.3, 0.4) is 0 Å². The predicted molar refractivity (Wildman–Crippen MR) is 42.2 cm³/mol. The van der Waals surface area contributed by atoms with E-state index in [0.717, 1.165) is 19.5 Å². The van der Waals surface area contributed by atoms with E-state index in [1.807, 2.05) is 0 Å². The third kappa shape index (κ3) is 1.30. The van der Waals surface area contributed by atoms with Crippen molar-refractivity contribution in [2.45, 2.75) is 12.3 Å². The lowest BCUT2D eigenvalue weighted by atomic mass is 10.1. The smallest absolute Gasteiger partial charge is 0.234 e. The van der Waals surface area contributed by atoms with Crippen LogP contribution in [-0.2, 0) is 0 Å². The van der Waals surface area contributed by atoms with E-state index in [2.05, 4.69) is 15.3 Å². The first-order valence-corrected chi connectivity index (χ1v) is 4.05. The maximum Gasteiger partial charge on any atom is 0.234 e. The summed E-state index contributed by atoms with van der Waals surface area (Å²) < 4.78 is 13.0. The number of halogens is 1. The van der Waals surface area contributed by atoms with Crippen molar-refractivity contribution in [3.05, 3.63) is 24.0 Å². The van der Waals surface area contributed by atoms with E-state index in [4.69, 9.17) is 0 Å². The molecule has 4 heteroatoms. The van der Waals surface area contributed by atoms with Crippen LogP contribution in [0.15, 0.2) is 12.4 Å². The minimum atomic E-state index is -0.425. The standard InChI is InChI=1S/C8H10FN3/c9-8-7(11-3-4-12-8)6-1-2-10-5-6/h3-4,6,10H,1-2,5H2. The summed E-state index contributed by atoms with van der Waals surface area (Å²) in [7, 11) is 0. The van der Waals surface area contributed by atoms with Gasteiger partial charge in [0.25, 0.3) is 0 Å². The Morgan fingerprint density at radius 3 is 2.92 bits per heavy atom. The minimum absolute atomic E-state index is 0.207. The Labute approximate surface area is 70.0 Å². The summed E-state index contributed by atoms with van der Waals surface area (Å²) in [5, 5.41) is 3.16. The monoisotopic (exact) mass is 167 g/mol. The summed E-state index contributed by atoms with van der Waals surface area (Å²) in [4.78, 5) is 7.55. The average Bonchev–Trinajstić information content (AvgIpc) is 2.57. The molecule has 1 aromatic rings. The second-order valence-electron chi connectivity index (χ2n) is 2.92. The van der Waals surface area contributed by atoms with Crippen LogP contribution in [0.4, 0.5) is 4.39 Å². The summed E-state index contributed by atoms with van der Waals surface area (Å²) in [6, 6.07) is 0. The van der Waals surface area contributed by atoms with Gasteiger partial charge in [0.05, 0.1) is 5.69 Å². The molecule has 0 aromatic carbocycles. The van der Waals surface area contributed by atoms with Crippen LogP contribution in [0, 0.1) is 5.95 Å². The van der Waals surface area contributed by atoms with Crippen molar-refractivity contribution in [3.63, 3.8) is 0 Å². The highest BCUT2D eigenvalue weighted by molar-refractivity contribution is 5.08. The van der Waals surface area contributed by atoms with Crippen molar-refractivity contribution in [3.8, 4) is 0 Å². The molecule has 1 saturated heterocycles. The van der Waals surface area contributed by atoms with E-state index >= 15 is 0 Å². The fourth-order valence-electron chi connectivity index (χ4n) is 1.49. The zero-order chi connectivity index (χ0) is 8.39. The fourth-order valence-corrected chi connectivity index (χ4v) is 1.49. The molecule has 0 bridgehead atoms. The van der Waals surface area contributed by atoms with Crippen LogP contribution in [0.1, 0.15) is 18.0 Å². The van der Waals surface area contributed by atoms with Gasteiger partial charge in [0, 0.05) is 24.9 Å². The second kappa shape index (κ2) is 3.15. The molecule has 0 spiro atoms. The first-order chi connectivity index (χ1) is 5.88. The first-order valence-electron chi connectivity index (χ1n) is 4.05. The molecule has 12 heavy (non-hydrogen) atoms. The van der Waals surface area contributed by atoms with Crippen LogP contribution in [0.5, 0.6) is 0 Å². The van der Waals surface area contributed by atoms with Gasteiger partial charge in [-0.2, -0.15) is 4.39 Å². The highest BCUT2D eigenvalue weighted by atomic mass is 19.1. The number of hydrogen-bond donors (Lipinski definition) is 1. The van der Waals surface area contributed by atoms with E-state index in [0.29, 0.717) is 5.69 Å². The van der Waals surface area contributed by atoms with Crippen molar-refractivity contribution in [1.82, 2.24) is 15.3 Å². The first kappa shape index (κ1) is 7.61. The lowest BCUT2D eigenvalue weighted by Gasteiger charge is -2.06. The molecule has 1 aromatic heterocycles. The van der Waals surface area contributed by atoms with Crippen LogP contribution >= 0.6 is 0 Å². The zero-order valence-corrected chi connectivity index (χ0v) is 6.63. The van der Waals surface area contributed by atoms with Gasteiger partial charge in [-0.15, -0.1) is 0 Å². The quantitative estimate of drug-likeness (QED) is 0.668. The molecular formula is C8H10FN3. The zero-order valence-electron chi connectivity index (χ0n) is 6.63. The number of rotatable bonds is 1. The number of nitrogens with zero attached hydrogens (tertiary/aromatic N) is 2. The van der Waals surface area contributed by atoms with Gasteiger partial charge in [-0.25, -0.2) is 4.98 Å². The molecule has 0 radical (unpaired) electrons. The van der Waals surface area contributed by atoms with Gasteiger partial charge in [-0.3, -0.25) is 4.98 Å². The molecule has 3 nitrogen and oxygen atoms in total. The van der Waals surface area contributed by atoms with Crippen LogP contribution < -0.4 is 5.32 Å². The highest BCUT2D eigenvalue weighted by Gasteiger charge is 2.21. The highest BCUT2D eigenvalue weighted by Crippen LogP contribution is 2.20. The van der Waals surface area contributed by atoms with Crippen molar-refractivity contribution in [1.29, 1.82) is 0 Å². The third-order valence-electron chi connectivity index (χ3n) is 2.13. The molecule has 2 rings (SSSR count). The van der Waals surface area contributed by atoms with Crippen molar-refractivity contribution in [2.24, 2.45) is 0 Å². The van der Waals surface area contributed by atoms with Crippen LogP contribution in [0.2, 0.25) is 0 Å². The molecule has 1 aliphatic heterocycles. The van der Waals surface area contributed by atoms with Crippen molar-refractivity contribution < 1.29 is 4.39 Å². The van der Waals surface area contributed by atoms with E-state index in [1.165, 1.54) is 12.4 Å². The molecule has 1 unspecified atom stereocenters. The lowest BCUT2D eigenvalue weighted by molar-refractivity contribution is 0.534. The lowest BCUT2D eigenvalue weighted by Crippen LogP contribution is -2.10. The molecule has 0 aliphatic carbocycles. The molecule has 1 N–H and O–H groups in total. The van der Waals surface area contributed by atoms with Gasteiger partial charge in [0.1, 0.15) is 0 Å². The summed E-state index contributed by atoms with van der Waals surface area (Å²) in [6.07, 6.45) is 3.87. The van der Waals surface area contributed by atoms with Gasteiger partial charge < -0.3 is 5.32 Å². The largest absolute Gasteiger partial charge is 0.316 e. The summed E-state index contributed by atoms with van der Waals surface area (Å²) in [6.45, 7) is 1.76. The van der Waals surface area contributed by atoms with E-state index in [1.54, 1.807) is 0 Å². The van der Waals surface area contributed by atoms with Gasteiger partial charge in [-0.1, -0.05) is 0 Å². The molecule has 2 heterocycles. The summed E-state index contributed by atoms with van der Waals surface area (Å²) in [5.41, 5.74) is 0.502. The molecule has 64 valence electrons. The Balaban J connectivity index is 2.26. The minimum Gasteiger partial charge on any atom is -0.316 e. The number of aromatic nitrogens is 2. The Morgan fingerprint density at radius 2 is 2.25 bits per heavy atom. The number of nitrogens with one attached hydrogen (secondary N) is 1. The van der Waals surface area contributed by atoms with Gasteiger partial charge in [0.2, 0.25) is 5.95 Å². The second-order valence-corrected chi connectivity index (χ2v) is 2.92. The average molecular weight is 167 g/mol. The molecule has 1 fully saturated rings. The fraction of sp³-hybridized carbons (Fsp3) is 0.500. The Morgan fingerprint density at radius 1 is 1.42 bits per heavy atom. The van der Waals surface area contributed by atoms with E-state index in [9.17, 15) is 4.39 Å². The number of hydrogen-bond acceptors (Lipinski definition) is 3. The summed E-state index contributed by atoms with van der Waals surface area (Å²) >= 11 is 0. The van der Waals surface area contributed by atoms with Crippen molar-refractivity contribution >= 4 is 0 Å². The molecule has 0 amide bonds. The van der Waals surface area contributed by atoms with Crippen LogP contribution in [-0.4, -0.2) is 23.1 Å². The molecule has 1 aliphatic rings. The van der Waals surface area contributed by atoms with E-state index in [-0.39, 0.29) is 5.92 Å². The topological polar surface area (TPSA) is 37.8 Å². The Kier molecular flexibility index (Phi) is 1.99. The maximum absolute atomic E-state index is 13.0. The van der Waals surface area contributed by atoms with Gasteiger partial charge in [0.15, 0.2) is 0 Å². The Hall–Kier alpha value is -1.03. The summed E-state index contributed by atoms with van der Waals surface area (Å²) in [5.74, 6) is -0.218. The Bertz CT molecular complexity index is 271. The molecular weight excluding hydrogens is 157 g/mol. The maximum atomic E-state index is 13.0. The van der Waals surface area contributed by atoms with Crippen molar-refractivity contribution in [2.75, 3.05) is 13.1 Å². The SMILES string of the molecule is Fc1nccnc1C1CCNC1. The normalized spacial score (nSPS) is 22.9. The molecule has 0 saturated carbocycles. The van der Waals surface area contributed by atoms with E-state index < -0.39 is 5.95 Å². The predicted octanol–water partition coefficient (Wildman–Crippen LogP) is 0.693.